The van der Waals surface area contributed by atoms with E-state index in [0.717, 1.165) is 6.42 Å². The zero-order valence-electron chi connectivity index (χ0n) is 6.43. The lowest BCUT2D eigenvalue weighted by atomic mass is 10.3. The van der Waals surface area contributed by atoms with Gasteiger partial charge in [-0.15, -0.1) is 23.2 Å². The smallest absolute Gasteiger partial charge is 0.174 e. The summed E-state index contributed by atoms with van der Waals surface area (Å²) in [5.41, 5.74) is 0. The zero-order valence-corrected chi connectivity index (χ0v) is 7.94. The van der Waals surface area contributed by atoms with Crippen LogP contribution in [-0.2, 0) is 9.47 Å². The highest BCUT2D eigenvalue weighted by Crippen LogP contribution is 2.21. The fourth-order valence-electron chi connectivity index (χ4n) is 0.927. The summed E-state index contributed by atoms with van der Waals surface area (Å²) in [6.07, 6.45) is 0.618. The molecule has 1 aliphatic rings. The Hall–Kier alpha value is 0.500. The summed E-state index contributed by atoms with van der Waals surface area (Å²) >= 11 is 11.4. The predicted molar refractivity (Wildman–Crippen MR) is 45.3 cm³/mol. The maximum atomic E-state index is 5.89. The van der Waals surface area contributed by atoms with Crippen LogP contribution in [-0.4, -0.2) is 30.3 Å². The SMILES string of the molecule is CC(CCl)OC1OCCC1Cl. The molecule has 1 aliphatic heterocycles. The summed E-state index contributed by atoms with van der Waals surface area (Å²) < 4.78 is 10.6. The van der Waals surface area contributed by atoms with Crippen molar-refractivity contribution in [1.82, 2.24) is 0 Å². The van der Waals surface area contributed by atoms with Crippen LogP contribution in [0.3, 0.4) is 0 Å². The van der Waals surface area contributed by atoms with Crippen LogP contribution in [0.1, 0.15) is 13.3 Å². The molecule has 1 heterocycles. The van der Waals surface area contributed by atoms with Crippen molar-refractivity contribution in [2.45, 2.75) is 31.1 Å². The highest BCUT2D eigenvalue weighted by molar-refractivity contribution is 6.21. The Balaban J connectivity index is 2.24. The van der Waals surface area contributed by atoms with E-state index in [1.165, 1.54) is 0 Å². The van der Waals surface area contributed by atoms with Crippen LogP contribution < -0.4 is 0 Å². The van der Waals surface area contributed by atoms with Crippen LogP contribution >= 0.6 is 23.2 Å². The molecule has 0 saturated carbocycles. The number of rotatable bonds is 3. The average Bonchev–Trinajstić information content (AvgIpc) is 2.37. The molecule has 0 spiro atoms. The summed E-state index contributed by atoms with van der Waals surface area (Å²) in [6, 6.07) is 0. The van der Waals surface area contributed by atoms with Crippen molar-refractivity contribution in [3.8, 4) is 0 Å². The molecule has 11 heavy (non-hydrogen) atoms. The van der Waals surface area contributed by atoms with Crippen LogP contribution in [0.15, 0.2) is 0 Å². The lowest BCUT2D eigenvalue weighted by Gasteiger charge is -2.17. The van der Waals surface area contributed by atoms with E-state index >= 15 is 0 Å². The maximum Gasteiger partial charge on any atom is 0.174 e. The minimum absolute atomic E-state index is 0.0133. The number of halogens is 2. The van der Waals surface area contributed by atoms with Gasteiger partial charge in [0.15, 0.2) is 6.29 Å². The molecule has 0 bridgehead atoms. The van der Waals surface area contributed by atoms with E-state index in [2.05, 4.69) is 0 Å². The molecule has 4 heteroatoms. The first-order valence-electron chi connectivity index (χ1n) is 3.71. The summed E-state index contributed by atoms with van der Waals surface area (Å²) in [5.74, 6) is 0.476. The molecule has 3 atom stereocenters. The van der Waals surface area contributed by atoms with Crippen molar-refractivity contribution < 1.29 is 9.47 Å². The van der Waals surface area contributed by atoms with Crippen molar-refractivity contribution in [3.63, 3.8) is 0 Å². The van der Waals surface area contributed by atoms with Gasteiger partial charge in [-0.2, -0.15) is 0 Å². The van der Waals surface area contributed by atoms with Crippen molar-refractivity contribution in [3.05, 3.63) is 0 Å². The summed E-state index contributed by atoms with van der Waals surface area (Å²) in [6.45, 7) is 2.59. The molecule has 2 nitrogen and oxygen atoms in total. The molecule has 3 unspecified atom stereocenters. The third kappa shape index (κ3) is 2.79. The Bertz CT molecular complexity index is 121. The van der Waals surface area contributed by atoms with Crippen molar-refractivity contribution in [2.75, 3.05) is 12.5 Å². The molecule has 0 aliphatic carbocycles. The summed E-state index contributed by atoms with van der Waals surface area (Å²) in [4.78, 5) is 0. The van der Waals surface area contributed by atoms with Gasteiger partial charge in [-0.05, 0) is 13.3 Å². The van der Waals surface area contributed by atoms with E-state index in [1.54, 1.807) is 0 Å². The molecular formula is C7H12Cl2O2. The molecule has 0 aromatic carbocycles. The second-order valence-corrected chi connectivity index (χ2v) is 3.51. The minimum atomic E-state index is -0.259. The Morgan fingerprint density at radius 2 is 2.45 bits per heavy atom. The van der Waals surface area contributed by atoms with Gasteiger partial charge >= 0.3 is 0 Å². The van der Waals surface area contributed by atoms with Crippen molar-refractivity contribution in [1.29, 1.82) is 0 Å². The minimum Gasteiger partial charge on any atom is -0.351 e. The van der Waals surface area contributed by atoms with Crippen molar-refractivity contribution >= 4 is 23.2 Å². The van der Waals surface area contributed by atoms with E-state index in [-0.39, 0.29) is 17.8 Å². The van der Waals surface area contributed by atoms with Crippen LogP contribution in [0, 0.1) is 0 Å². The Kier molecular flexibility index (Phi) is 3.93. The first kappa shape index (κ1) is 9.59. The van der Waals surface area contributed by atoms with Gasteiger partial charge in [-0.25, -0.2) is 0 Å². The van der Waals surface area contributed by atoms with E-state index in [9.17, 15) is 0 Å². The van der Waals surface area contributed by atoms with Gasteiger partial charge in [-0.3, -0.25) is 0 Å². The van der Waals surface area contributed by atoms with Crippen LogP contribution in [0.4, 0.5) is 0 Å². The van der Waals surface area contributed by atoms with Gasteiger partial charge in [0, 0.05) is 5.88 Å². The highest BCUT2D eigenvalue weighted by Gasteiger charge is 2.28. The number of hydrogen-bond acceptors (Lipinski definition) is 2. The summed E-state index contributed by atoms with van der Waals surface area (Å²) in [5, 5.41) is -0.0133. The normalized spacial score (nSPS) is 34.1. The Labute approximate surface area is 76.8 Å². The first-order chi connectivity index (χ1) is 5.24. The zero-order chi connectivity index (χ0) is 8.27. The summed E-state index contributed by atoms with van der Waals surface area (Å²) in [7, 11) is 0. The molecular weight excluding hydrogens is 187 g/mol. The first-order valence-corrected chi connectivity index (χ1v) is 4.68. The maximum absolute atomic E-state index is 5.89. The second kappa shape index (κ2) is 4.51. The van der Waals surface area contributed by atoms with Crippen LogP contribution in [0.2, 0.25) is 0 Å². The third-order valence-electron chi connectivity index (χ3n) is 1.55. The fraction of sp³-hybridized carbons (Fsp3) is 1.00. The quantitative estimate of drug-likeness (QED) is 0.647. The fourth-order valence-corrected chi connectivity index (χ4v) is 1.22. The van der Waals surface area contributed by atoms with E-state index in [4.69, 9.17) is 32.7 Å². The lowest BCUT2D eigenvalue weighted by Crippen LogP contribution is -2.26. The van der Waals surface area contributed by atoms with E-state index in [0.29, 0.717) is 12.5 Å². The van der Waals surface area contributed by atoms with E-state index in [1.807, 2.05) is 6.92 Å². The van der Waals surface area contributed by atoms with Crippen LogP contribution in [0.25, 0.3) is 0 Å². The molecule has 1 fully saturated rings. The van der Waals surface area contributed by atoms with Gasteiger partial charge in [0.25, 0.3) is 0 Å². The lowest BCUT2D eigenvalue weighted by molar-refractivity contribution is -0.131. The average molecular weight is 199 g/mol. The predicted octanol–water partition coefficient (Wildman–Crippen LogP) is 1.98. The molecule has 66 valence electrons. The van der Waals surface area contributed by atoms with Gasteiger partial charge in [0.1, 0.15) is 0 Å². The van der Waals surface area contributed by atoms with Gasteiger partial charge in [-0.1, -0.05) is 0 Å². The largest absolute Gasteiger partial charge is 0.351 e. The van der Waals surface area contributed by atoms with Crippen molar-refractivity contribution in [2.24, 2.45) is 0 Å². The monoisotopic (exact) mass is 198 g/mol. The third-order valence-corrected chi connectivity index (χ3v) is 2.41. The van der Waals surface area contributed by atoms with Crippen LogP contribution in [0.5, 0.6) is 0 Å². The molecule has 1 rings (SSSR count). The molecule has 0 radical (unpaired) electrons. The van der Waals surface area contributed by atoms with Gasteiger partial charge < -0.3 is 9.47 Å². The number of hydrogen-bond donors (Lipinski definition) is 0. The molecule has 0 amide bonds. The molecule has 0 aromatic heterocycles. The number of ether oxygens (including phenoxy) is 2. The Morgan fingerprint density at radius 3 is 2.91 bits per heavy atom. The molecule has 0 N–H and O–H groups in total. The second-order valence-electron chi connectivity index (χ2n) is 2.64. The molecule has 1 saturated heterocycles. The number of alkyl halides is 2. The molecule has 0 aromatic rings. The van der Waals surface area contributed by atoms with Gasteiger partial charge in [0.05, 0.1) is 18.1 Å². The Morgan fingerprint density at radius 1 is 1.73 bits per heavy atom. The van der Waals surface area contributed by atoms with E-state index < -0.39 is 0 Å². The standard InChI is InChI=1S/C7H12Cl2O2/c1-5(4-8)11-7-6(9)2-3-10-7/h5-7H,2-4H2,1H3. The topological polar surface area (TPSA) is 18.5 Å². The van der Waals surface area contributed by atoms with Gasteiger partial charge in [0.2, 0.25) is 0 Å². The highest BCUT2D eigenvalue weighted by atomic mass is 35.5.